The van der Waals surface area contributed by atoms with E-state index in [1.54, 1.807) is 20.3 Å². The monoisotopic (exact) mass is 467 g/mol. The zero-order valence-corrected chi connectivity index (χ0v) is 19.7. The van der Waals surface area contributed by atoms with Gasteiger partial charge in [0.15, 0.2) is 0 Å². The summed E-state index contributed by atoms with van der Waals surface area (Å²) in [6.07, 6.45) is 0.743. The minimum atomic E-state index is -1.10. The maximum absolute atomic E-state index is 14.5. The molecule has 1 saturated heterocycles. The highest BCUT2D eigenvalue weighted by molar-refractivity contribution is 5.99. The van der Waals surface area contributed by atoms with Crippen LogP contribution >= 0.6 is 0 Å². The van der Waals surface area contributed by atoms with E-state index in [0.717, 1.165) is 42.7 Å². The number of hydrogen-bond donors (Lipinski definition) is 2. The summed E-state index contributed by atoms with van der Waals surface area (Å²) in [4.78, 5) is 25.0. The van der Waals surface area contributed by atoms with Gasteiger partial charge in [0.2, 0.25) is 5.91 Å². The number of benzene rings is 1. The second-order valence-corrected chi connectivity index (χ2v) is 9.06. The van der Waals surface area contributed by atoms with Crippen LogP contribution in [0.3, 0.4) is 0 Å². The Morgan fingerprint density at radius 1 is 1.15 bits per heavy atom. The molecule has 2 aromatic heterocycles. The number of likely N-dealkylation sites (N-methyl/N-ethyl adjacent to an activating group) is 1. The van der Waals surface area contributed by atoms with Crippen LogP contribution in [0.1, 0.15) is 0 Å². The van der Waals surface area contributed by atoms with Crippen molar-refractivity contribution in [3.63, 3.8) is 0 Å². The van der Waals surface area contributed by atoms with Gasteiger partial charge in [0, 0.05) is 55.8 Å². The molecule has 34 heavy (non-hydrogen) atoms. The van der Waals surface area contributed by atoms with E-state index in [9.17, 15) is 9.18 Å². The predicted molar refractivity (Wildman–Crippen MR) is 129 cm³/mol. The third-order valence-corrected chi connectivity index (χ3v) is 6.93. The number of aromatic amines is 1. The van der Waals surface area contributed by atoms with Crippen molar-refractivity contribution in [2.24, 2.45) is 11.8 Å². The zero-order valence-electron chi connectivity index (χ0n) is 19.7. The van der Waals surface area contributed by atoms with Crippen LogP contribution in [-0.2, 0) is 4.79 Å². The molecule has 3 aromatic rings. The number of amides is 1. The van der Waals surface area contributed by atoms with Gasteiger partial charge >= 0.3 is 0 Å². The Morgan fingerprint density at radius 3 is 2.53 bits per heavy atom. The highest BCUT2D eigenvalue weighted by atomic mass is 19.1. The minimum Gasteiger partial charge on any atom is -0.496 e. The molecule has 1 aliphatic carbocycles. The van der Waals surface area contributed by atoms with Crippen molar-refractivity contribution in [3.8, 4) is 22.6 Å². The standard InChI is InChI=1S/C25H30FN5O3/c1-30-9-11-31(12-10-30)14-17-22(23(17)26)25(32)29-20-8-7-15-16(13-27-24(15)28-20)21-18(33-2)5-4-6-19(21)34-3/h4-8,13,17,22-23H,9-12,14H2,1-3H3,(H2,27,28,29,32)/t17-,22-,23+/m0/s1. The van der Waals surface area contributed by atoms with E-state index in [4.69, 9.17) is 9.47 Å². The Morgan fingerprint density at radius 2 is 1.85 bits per heavy atom. The van der Waals surface area contributed by atoms with Crippen molar-refractivity contribution in [2.45, 2.75) is 6.17 Å². The second kappa shape index (κ2) is 9.23. The lowest BCUT2D eigenvalue weighted by atomic mass is 10.0. The normalized spacial score (nSPS) is 23.1. The summed E-state index contributed by atoms with van der Waals surface area (Å²) in [7, 11) is 5.32. The number of nitrogens with zero attached hydrogens (tertiary/aromatic N) is 3. The summed E-state index contributed by atoms with van der Waals surface area (Å²) >= 11 is 0. The van der Waals surface area contributed by atoms with Crippen LogP contribution in [0.25, 0.3) is 22.2 Å². The van der Waals surface area contributed by atoms with Crippen LogP contribution in [0.15, 0.2) is 36.5 Å². The Hall–Kier alpha value is -3.17. The van der Waals surface area contributed by atoms with Crippen LogP contribution in [-0.4, -0.2) is 85.8 Å². The number of hydrogen-bond acceptors (Lipinski definition) is 6. The van der Waals surface area contributed by atoms with Crippen LogP contribution in [0.5, 0.6) is 11.5 Å². The molecule has 0 bridgehead atoms. The molecule has 9 heteroatoms. The van der Waals surface area contributed by atoms with E-state index in [1.165, 1.54) is 0 Å². The molecular weight excluding hydrogens is 437 g/mol. The number of rotatable bonds is 7. The molecular formula is C25H30FN5O3. The molecule has 180 valence electrons. The molecule has 1 aromatic carbocycles. The lowest BCUT2D eigenvalue weighted by Crippen LogP contribution is -2.45. The van der Waals surface area contributed by atoms with Gasteiger partial charge in [-0.05, 0) is 31.3 Å². The number of alkyl halides is 1. The van der Waals surface area contributed by atoms with E-state index >= 15 is 0 Å². The van der Waals surface area contributed by atoms with E-state index in [1.807, 2.05) is 30.5 Å². The third-order valence-electron chi connectivity index (χ3n) is 6.93. The largest absolute Gasteiger partial charge is 0.496 e. The minimum absolute atomic E-state index is 0.248. The lowest BCUT2D eigenvalue weighted by Gasteiger charge is -2.32. The number of methoxy groups -OCH3 is 2. The van der Waals surface area contributed by atoms with Crippen molar-refractivity contribution in [2.75, 3.05) is 59.3 Å². The quantitative estimate of drug-likeness (QED) is 0.556. The number of carbonyl (C=O) groups excluding carboxylic acids is 1. The van der Waals surface area contributed by atoms with Crippen LogP contribution < -0.4 is 14.8 Å². The fourth-order valence-electron chi connectivity index (χ4n) is 4.82. The Labute approximate surface area is 198 Å². The number of carbonyl (C=O) groups is 1. The Balaban J connectivity index is 1.30. The number of fused-ring (bicyclic) bond motifs is 1. The van der Waals surface area contributed by atoms with Gasteiger partial charge in [-0.2, -0.15) is 0 Å². The smallest absolute Gasteiger partial charge is 0.232 e. The van der Waals surface area contributed by atoms with Gasteiger partial charge in [0.25, 0.3) is 0 Å². The topological polar surface area (TPSA) is 82.7 Å². The van der Waals surface area contributed by atoms with E-state index in [-0.39, 0.29) is 11.8 Å². The molecule has 0 radical (unpaired) electrons. The fourth-order valence-corrected chi connectivity index (χ4v) is 4.82. The molecule has 1 amide bonds. The van der Waals surface area contributed by atoms with Crippen LogP contribution in [0.4, 0.5) is 10.2 Å². The second-order valence-electron chi connectivity index (χ2n) is 9.06. The third kappa shape index (κ3) is 4.21. The van der Waals surface area contributed by atoms with Gasteiger partial charge in [-0.25, -0.2) is 9.37 Å². The average Bonchev–Trinajstić information content (AvgIpc) is 3.29. The first-order valence-electron chi connectivity index (χ1n) is 11.6. The van der Waals surface area contributed by atoms with E-state index in [2.05, 4.69) is 32.1 Å². The summed E-state index contributed by atoms with van der Waals surface area (Å²) in [5, 5.41) is 3.67. The lowest BCUT2D eigenvalue weighted by molar-refractivity contribution is -0.118. The number of nitrogens with one attached hydrogen (secondary N) is 2. The first-order chi connectivity index (χ1) is 16.5. The predicted octanol–water partition coefficient (Wildman–Crippen LogP) is 3.02. The number of H-pyrrole nitrogens is 1. The fraction of sp³-hybridized carbons (Fsp3) is 0.440. The van der Waals surface area contributed by atoms with Gasteiger partial charge in [-0.15, -0.1) is 0 Å². The first kappa shape index (κ1) is 22.6. The number of ether oxygens (including phenoxy) is 2. The molecule has 1 aliphatic heterocycles. The SMILES string of the molecule is COc1cccc(OC)c1-c1c[nH]c2nc(NC(=O)[C@@H]3[C@H](F)[C@H]3CN3CCN(C)CC3)ccc12. The molecule has 8 nitrogen and oxygen atoms in total. The van der Waals surface area contributed by atoms with E-state index < -0.39 is 12.1 Å². The highest BCUT2D eigenvalue weighted by Gasteiger charge is 2.56. The van der Waals surface area contributed by atoms with Gasteiger partial charge < -0.3 is 29.6 Å². The maximum atomic E-state index is 14.5. The summed E-state index contributed by atoms with van der Waals surface area (Å²) < 4.78 is 25.5. The van der Waals surface area contributed by atoms with Gasteiger partial charge in [-0.3, -0.25) is 4.79 Å². The molecule has 0 unspecified atom stereocenters. The number of aromatic nitrogens is 2. The summed E-state index contributed by atoms with van der Waals surface area (Å²) in [6, 6.07) is 9.25. The van der Waals surface area contributed by atoms with Crippen molar-refractivity contribution < 1.29 is 18.7 Å². The van der Waals surface area contributed by atoms with Gasteiger partial charge in [0.1, 0.15) is 29.1 Å². The molecule has 2 aliphatic rings. The van der Waals surface area contributed by atoms with Gasteiger partial charge in [0.05, 0.1) is 25.7 Å². The molecule has 3 atom stereocenters. The van der Waals surface area contributed by atoms with Crippen LogP contribution in [0, 0.1) is 11.8 Å². The number of piperazine rings is 1. The Kier molecular flexibility index (Phi) is 6.14. The molecule has 3 heterocycles. The molecule has 1 saturated carbocycles. The van der Waals surface area contributed by atoms with Crippen molar-refractivity contribution in [3.05, 3.63) is 36.5 Å². The van der Waals surface area contributed by atoms with E-state index in [0.29, 0.717) is 29.5 Å². The zero-order chi connectivity index (χ0) is 23.8. The number of pyridine rings is 1. The van der Waals surface area contributed by atoms with Crippen molar-refractivity contribution >= 4 is 22.8 Å². The summed E-state index contributed by atoms with van der Waals surface area (Å²) in [6.45, 7) is 4.41. The summed E-state index contributed by atoms with van der Waals surface area (Å²) in [5.41, 5.74) is 2.32. The molecule has 5 rings (SSSR count). The highest BCUT2D eigenvalue weighted by Crippen LogP contribution is 2.44. The first-order valence-corrected chi connectivity index (χ1v) is 11.6. The molecule has 2 fully saturated rings. The molecule has 0 spiro atoms. The van der Waals surface area contributed by atoms with Crippen molar-refractivity contribution in [1.82, 2.24) is 19.8 Å². The van der Waals surface area contributed by atoms with Gasteiger partial charge in [-0.1, -0.05) is 6.07 Å². The number of anilines is 1. The number of halogens is 1. The summed E-state index contributed by atoms with van der Waals surface area (Å²) in [5.74, 6) is 0.599. The van der Waals surface area contributed by atoms with Crippen LogP contribution in [0.2, 0.25) is 0 Å². The van der Waals surface area contributed by atoms with Crippen molar-refractivity contribution in [1.29, 1.82) is 0 Å². The molecule has 2 N–H and O–H groups in total. The average molecular weight is 468 g/mol. The maximum Gasteiger partial charge on any atom is 0.232 e. The Bertz CT molecular complexity index is 1170.